The zero-order valence-electron chi connectivity index (χ0n) is 12.6. The first-order chi connectivity index (χ1) is 9.86. The van der Waals surface area contributed by atoms with Crippen LogP contribution >= 0.6 is 0 Å². The summed E-state index contributed by atoms with van der Waals surface area (Å²) in [5.74, 6) is -0.255. The fourth-order valence-corrected chi connectivity index (χ4v) is 2.94. The van der Waals surface area contributed by atoms with Crippen LogP contribution in [0.25, 0.3) is 0 Å². The van der Waals surface area contributed by atoms with Crippen LogP contribution < -0.4 is 0 Å². The quantitative estimate of drug-likeness (QED) is 0.701. The SMILES string of the molecule is CCOC(=O)c1nnn(CCS(=O)(=O)C(C)C)c1C1CC1. The Morgan fingerprint density at radius 3 is 2.62 bits per heavy atom. The van der Waals surface area contributed by atoms with Crippen LogP contribution in [0.3, 0.4) is 0 Å². The lowest BCUT2D eigenvalue weighted by atomic mass is 10.2. The Morgan fingerprint density at radius 2 is 2.10 bits per heavy atom. The average Bonchev–Trinajstić information content (AvgIpc) is 3.16. The second kappa shape index (κ2) is 6.13. The fraction of sp³-hybridized carbons (Fsp3) is 0.769. The fourth-order valence-electron chi connectivity index (χ4n) is 2.04. The number of sulfone groups is 1. The highest BCUT2D eigenvalue weighted by atomic mass is 32.2. The lowest BCUT2D eigenvalue weighted by Crippen LogP contribution is -2.22. The van der Waals surface area contributed by atoms with E-state index < -0.39 is 21.1 Å². The molecule has 0 aliphatic heterocycles. The average molecular weight is 315 g/mol. The summed E-state index contributed by atoms with van der Waals surface area (Å²) in [4.78, 5) is 11.9. The van der Waals surface area contributed by atoms with Crippen LogP contribution in [0.4, 0.5) is 0 Å². The highest BCUT2D eigenvalue weighted by molar-refractivity contribution is 7.91. The summed E-state index contributed by atoms with van der Waals surface area (Å²) in [6.45, 7) is 5.54. The van der Waals surface area contributed by atoms with Gasteiger partial charge in [0, 0.05) is 5.92 Å². The van der Waals surface area contributed by atoms with Gasteiger partial charge in [-0.05, 0) is 33.6 Å². The Bertz CT molecular complexity index is 617. The van der Waals surface area contributed by atoms with Gasteiger partial charge in [-0.1, -0.05) is 5.21 Å². The first kappa shape index (κ1) is 15.9. The molecule has 1 aromatic rings. The van der Waals surface area contributed by atoms with E-state index in [1.165, 1.54) is 0 Å². The third kappa shape index (κ3) is 3.61. The van der Waals surface area contributed by atoms with Gasteiger partial charge in [0.15, 0.2) is 15.5 Å². The summed E-state index contributed by atoms with van der Waals surface area (Å²) >= 11 is 0. The molecule has 118 valence electrons. The van der Waals surface area contributed by atoms with Crippen molar-refractivity contribution >= 4 is 15.8 Å². The van der Waals surface area contributed by atoms with Crippen LogP contribution in [0.5, 0.6) is 0 Å². The zero-order valence-corrected chi connectivity index (χ0v) is 13.4. The van der Waals surface area contributed by atoms with Crippen molar-refractivity contribution in [2.24, 2.45) is 0 Å². The Kier molecular flexibility index (Phi) is 4.65. The number of rotatable bonds is 7. The van der Waals surface area contributed by atoms with Crippen molar-refractivity contribution in [3.8, 4) is 0 Å². The molecular weight excluding hydrogens is 294 g/mol. The van der Waals surface area contributed by atoms with Crippen LogP contribution in [0.15, 0.2) is 0 Å². The van der Waals surface area contributed by atoms with Gasteiger partial charge in [0.05, 0.1) is 29.8 Å². The molecule has 1 heterocycles. The molecule has 0 N–H and O–H groups in total. The normalized spacial score (nSPS) is 15.4. The monoisotopic (exact) mass is 315 g/mol. The minimum atomic E-state index is -3.14. The minimum absolute atomic E-state index is 0.00396. The van der Waals surface area contributed by atoms with E-state index in [0.717, 1.165) is 12.8 Å². The zero-order chi connectivity index (χ0) is 15.6. The van der Waals surface area contributed by atoms with E-state index in [2.05, 4.69) is 10.3 Å². The number of carbonyl (C=O) groups is 1. The molecule has 8 heteroatoms. The van der Waals surface area contributed by atoms with Crippen LogP contribution in [0.2, 0.25) is 0 Å². The lowest BCUT2D eigenvalue weighted by Gasteiger charge is -2.09. The van der Waals surface area contributed by atoms with Crippen molar-refractivity contribution < 1.29 is 17.9 Å². The topological polar surface area (TPSA) is 91.2 Å². The van der Waals surface area contributed by atoms with Gasteiger partial charge in [0.1, 0.15) is 0 Å². The van der Waals surface area contributed by atoms with E-state index >= 15 is 0 Å². The number of aromatic nitrogens is 3. The maximum absolute atomic E-state index is 11.9. The highest BCUT2D eigenvalue weighted by Gasteiger charge is 2.34. The maximum atomic E-state index is 11.9. The Labute approximate surface area is 124 Å². The largest absolute Gasteiger partial charge is 0.461 e. The van der Waals surface area contributed by atoms with Crippen LogP contribution in [0, 0.1) is 0 Å². The first-order valence-electron chi connectivity index (χ1n) is 7.19. The molecule has 1 aliphatic rings. The molecule has 0 saturated heterocycles. The molecule has 21 heavy (non-hydrogen) atoms. The van der Waals surface area contributed by atoms with Crippen LogP contribution in [-0.4, -0.2) is 47.0 Å². The van der Waals surface area contributed by atoms with E-state index in [4.69, 9.17) is 4.74 Å². The van der Waals surface area contributed by atoms with E-state index in [0.29, 0.717) is 5.69 Å². The molecule has 0 spiro atoms. The number of aryl methyl sites for hydroxylation is 1. The molecule has 0 atom stereocenters. The number of esters is 1. The minimum Gasteiger partial charge on any atom is -0.461 e. The number of hydrogen-bond acceptors (Lipinski definition) is 6. The standard InChI is InChI=1S/C13H21N3O4S/c1-4-20-13(17)11-12(10-5-6-10)16(15-14-11)7-8-21(18,19)9(2)3/h9-10H,4-8H2,1-3H3. The molecule has 7 nitrogen and oxygen atoms in total. The number of hydrogen-bond donors (Lipinski definition) is 0. The molecule has 0 radical (unpaired) electrons. The van der Waals surface area contributed by atoms with Crippen molar-refractivity contribution in [2.75, 3.05) is 12.4 Å². The summed E-state index contributed by atoms with van der Waals surface area (Å²) in [6.07, 6.45) is 1.94. The molecule has 0 amide bonds. The number of nitrogens with zero attached hydrogens (tertiary/aromatic N) is 3. The van der Waals surface area contributed by atoms with Gasteiger partial charge >= 0.3 is 5.97 Å². The molecule has 1 saturated carbocycles. The van der Waals surface area contributed by atoms with Gasteiger partial charge in [-0.3, -0.25) is 0 Å². The lowest BCUT2D eigenvalue weighted by molar-refractivity contribution is 0.0518. The smallest absolute Gasteiger partial charge is 0.360 e. The van der Waals surface area contributed by atoms with Crippen molar-refractivity contribution in [3.63, 3.8) is 0 Å². The summed E-state index contributed by atoms with van der Waals surface area (Å²) in [5, 5.41) is 7.41. The van der Waals surface area contributed by atoms with Gasteiger partial charge < -0.3 is 4.74 Å². The molecule has 0 unspecified atom stereocenters. The first-order valence-corrected chi connectivity index (χ1v) is 8.90. The summed E-state index contributed by atoms with van der Waals surface area (Å²) < 4.78 is 30.3. The predicted molar refractivity (Wildman–Crippen MR) is 76.9 cm³/mol. The summed E-state index contributed by atoms with van der Waals surface area (Å²) in [5.41, 5.74) is 0.939. The second-order valence-corrected chi connectivity index (χ2v) is 8.13. The molecule has 0 aromatic carbocycles. The molecule has 1 fully saturated rings. The summed E-state index contributed by atoms with van der Waals surface area (Å²) in [6, 6.07) is 0. The van der Waals surface area contributed by atoms with E-state index in [-0.39, 0.29) is 30.5 Å². The molecule has 2 rings (SSSR count). The van der Waals surface area contributed by atoms with Crippen LogP contribution in [0.1, 0.15) is 55.7 Å². The molecule has 1 aliphatic carbocycles. The van der Waals surface area contributed by atoms with Crippen molar-refractivity contribution in [3.05, 3.63) is 11.4 Å². The van der Waals surface area contributed by atoms with Crippen molar-refractivity contribution in [2.45, 2.75) is 51.3 Å². The predicted octanol–water partition coefficient (Wildman–Crippen LogP) is 1.16. The van der Waals surface area contributed by atoms with Gasteiger partial charge in [-0.2, -0.15) is 0 Å². The Morgan fingerprint density at radius 1 is 1.43 bits per heavy atom. The third-order valence-corrected chi connectivity index (χ3v) is 5.70. The van der Waals surface area contributed by atoms with Gasteiger partial charge in [0.2, 0.25) is 0 Å². The van der Waals surface area contributed by atoms with E-state index in [1.54, 1.807) is 25.5 Å². The molecular formula is C13H21N3O4S. The second-order valence-electron chi connectivity index (χ2n) is 5.46. The molecule has 1 aromatic heterocycles. The maximum Gasteiger partial charge on any atom is 0.360 e. The summed E-state index contributed by atoms with van der Waals surface area (Å²) in [7, 11) is -3.14. The van der Waals surface area contributed by atoms with Gasteiger partial charge in [0.25, 0.3) is 0 Å². The third-order valence-electron chi connectivity index (χ3n) is 3.51. The Balaban J connectivity index is 2.19. The van der Waals surface area contributed by atoms with Crippen LogP contribution in [-0.2, 0) is 21.1 Å². The number of ether oxygens (including phenoxy) is 1. The van der Waals surface area contributed by atoms with E-state index in [1.807, 2.05) is 0 Å². The number of carbonyl (C=O) groups excluding carboxylic acids is 1. The van der Waals surface area contributed by atoms with Crippen molar-refractivity contribution in [1.29, 1.82) is 0 Å². The molecule has 0 bridgehead atoms. The van der Waals surface area contributed by atoms with Gasteiger partial charge in [-0.25, -0.2) is 17.9 Å². The van der Waals surface area contributed by atoms with Crippen molar-refractivity contribution in [1.82, 2.24) is 15.0 Å². The van der Waals surface area contributed by atoms with E-state index in [9.17, 15) is 13.2 Å². The highest BCUT2D eigenvalue weighted by Crippen LogP contribution is 2.41. The van der Waals surface area contributed by atoms with Gasteiger partial charge in [-0.15, -0.1) is 5.10 Å². The Hall–Kier alpha value is -1.44.